The molecule has 1 aromatic rings. The van der Waals surface area contributed by atoms with E-state index in [0.29, 0.717) is 11.6 Å². The summed E-state index contributed by atoms with van der Waals surface area (Å²) < 4.78 is 0. The van der Waals surface area contributed by atoms with Crippen LogP contribution in [0.2, 0.25) is 0 Å². The number of rotatable bonds is 3. The Kier molecular flexibility index (Phi) is 4.25. The predicted octanol–water partition coefficient (Wildman–Crippen LogP) is 3.26. The lowest BCUT2D eigenvalue weighted by atomic mass is 9.87. The fraction of sp³-hybridized carbons (Fsp3) is 0.316. The molecule has 0 amide bonds. The summed E-state index contributed by atoms with van der Waals surface area (Å²) >= 11 is 0. The first-order valence-corrected chi connectivity index (χ1v) is 7.90. The van der Waals surface area contributed by atoms with Crippen LogP contribution in [0.5, 0.6) is 0 Å². The van der Waals surface area contributed by atoms with Crippen LogP contribution in [-0.2, 0) is 0 Å². The molecule has 0 fully saturated rings. The lowest BCUT2D eigenvalue weighted by Gasteiger charge is -2.32. The van der Waals surface area contributed by atoms with E-state index in [1.807, 2.05) is 18.2 Å². The molecular formula is C19H23N3. The highest BCUT2D eigenvalue weighted by molar-refractivity contribution is 6.05. The second-order valence-electron chi connectivity index (χ2n) is 6.16. The quantitative estimate of drug-likeness (QED) is 0.749. The summed E-state index contributed by atoms with van der Waals surface area (Å²) in [4.78, 5) is 0. The summed E-state index contributed by atoms with van der Waals surface area (Å²) in [7, 11) is 0. The molecule has 0 bridgehead atoms. The van der Waals surface area contributed by atoms with Crippen molar-refractivity contribution in [3.8, 4) is 0 Å². The van der Waals surface area contributed by atoms with Crippen molar-refractivity contribution in [2.45, 2.75) is 31.8 Å². The minimum Gasteiger partial charge on any atom is -0.375 e. The van der Waals surface area contributed by atoms with Gasteiger partial charge in [0.1, 0.15) is 0 Å². The van der Waals surface area contributed by atoms with Crippen LogP contribution in [0.3, 0.4) is 0 Å². The van der Waals surface area contributed by atoms with Crippen LogP contribution in [0.1, 0.15) is 25.3 Å². The Morgan fingerprint density at radius 3 is 2.73 bits per heavy atom. The fourth-order valence-electron chi connectivity index (χ4n) is 3.03. The van der Waals surface area contributed by atoms with Gasteiger partial charge in [-0.1, -0.05) is 61.6 Å². The molecule has 3 rings (SSSR count). The van der Waals surface area contributed by atoms with Gasteiger partial charge in [-0.05, 0) is 29.9 Å². The smallest absolute Gasteiger partial charge is 0.0838 e. The maximum Gasteiger partial charge on any atom is 0.0838 e. The van der Waals surface area contributed by atoms with Crippen LogP contribution in [-0.4, -0.2) is 17.8 Å². The van der Waals surface area contributed by atoms with E-state index >= 15 is 0 Å². The van der Waals surface area contributed by atoms with Gasteiger partial charge in [0.2, 0.25) is 0 Å². The number of allylic oxidation sites excluding steroid dienone is 3. The molecular weight excluding hydrogens is 270 g/mol. The van der Waals surface area contributed by atoms with Gasteiger partial charge in [-0.15, -0.1) is 0 Å². The number of nitrogens with one attached hydrogen (secondary N) is 2. The highest BCUT2D eigenvalue weighted by atomic mass is 15.0. The minimum absolute atomic E-state index is 0.0634. The van der Waals surface area contributed by atoms with E-state index in [2.05, 4.69) is 48.7 Å². The van der Waals surface area contributed by atoms with Gasteiger partial charge >= 0.3 is 0 Å². The molecule has 1 heterocycles. The van der Waals surface area contributed by atoms with Gasteiger partial charge in [0.05, 0.1) is 11.8 Å². The van der Waals surface area contributed by atoms with E-state index < -0.39 is 0 Å². The number of benzene rings is 1. The Labute approximate surface area is 132 Å². The highest BCUT2D eigenvalue weighted by Gasteiger charge is 2.28. The first-order chi connectivity index (χ1) is 10.6. The Balaban J connectivity index is 1.81. The zero-order valence-electron chi connectivity index (χ0n) is 12.9. The molecule has 1 aliphatic heterocycles. The fourth-order valence-corrected chi connectivity index (χ4v) is 3.03. The van der Waals surface area contributed by atoms with E-state index in [-0.39, 0.29) is 12.1 Å². The second-order valence-corrected chi connectivity index (χ2v) is 6.16. The lowest BCUT2D eigenvalue weighted by molar-refractivity contribution is 0.558. The average molecular weight is 293 g/mol. The molecule has 3 atom stereocenters. The zero-order chi connectivity index (χ0) is 15.5. The monoisotopic (exact) mass is 293 g/mol. The van der Waals surface area contributed by atoms with E-state index in [4.69, 9.17) is 11.1 Å². The summed E-state index contributed by atoms with van der Waals surface area (Å²) in [5.74, 6) is 0.490. The molecule has 0 saturated heterocycles. The molecule has 3 nitrogen and oxygen atoms in total. The SMILES string of the molecule is C[C@H]1C=C(C(=N)C2NC(c3ccccc3)=CCC2N)C=CC1. The Bertz CT molecular complexity index is 640. The van der Waals surface area contributed by atoms with Crippen molar-refractivity contribution in [3.63, 3.8) is 0 Å². The maximum absolute atomic E-state index is 8.56. The van der Waals surface area contributed by atoms with Crippen molar-refractivity contribution in [2.75, 3.05) is 0 Å². The summed E-state index contributed by atoms with van der Waals surface area (Å²) in [6.45, 7) is 2.18. The maximum atomic E-state index is 8.56. The number of hydrogen-bond acceptors (Lipinski definition) is 3. The molecule has 0 saturated carbocycles. The molecule has 1 aliphatic carbocycles. The third-order valence-corrected chi connectivity index (χ3v) is 4.31. The summed E-state index contributed by atoms with van der Waals surface area (Å²) in [6, 6.07) is 10.0. The van der Waals surface area contributed by atoms with E-state index in [0.717, 1.165) is 29.7 Å². The second kappa shape index (κ2) is 6.32. The van der Waals surface area contributed by atoms with Crippen LogP contribution < -0.4 is 11.1 Å². The topological polar surface area (TPSA) is 61.9 Å². The van der Waals surface area contributed by atoms with Crippen LogP contribution >= 0.6 is 0 Å². The van der Waals surface area contributed by atoms with Gasteiger partial charge < -0.3 is 16.5 Å². The molecule has 114 valence electrons. The van der Waals surface area contributed by atoms with Crippen molar-refractivity contribution < 1.29 is 0 Å². The first kappa shape index (κ1) is 14.8. The van der Waals surface area contributed by atoms with Crippen molar-refractivity contribution >= 4 is 11.4 Å². The zero-order valence-corrected chi connectivity index (χ0v) is 12.9. The lowest BCUT2D eigenvalue weighted by Crippen LogP contribution is -2.51. The van der Waals surface area contributed by atoms with Gasteiger partial charge in [-0.3, -0.25) is 0 Å². The van der Waals surface area contributed by atoms with Crippen molar-refractivity contribution in [2.24, 2.45) is 11.7 Å². The minimum atomic E-state index is -0.138. The van der Waals surface area contributed by atoms with Crippen LogP contribution in [0.4, 0.5) is 0 Å². The first-order valence-electron chi connectivity index (χ1n) is 7.90. The van der Waals surface area contributed by atoms with Crippen molar-refractivity contribution in [1.29, 1.82) is 5.41 Å². The molecule has 0 spiro atoms. The van der Waals surface area contributed by atoms with Crippen molar-refractivity contribution in [1.82, 2.24) is 5.32 Å². The number of hydrogen-bond donors (Lipinski definition) is 3. The highest BCUT2D eigenvalue weighted by Crippen LogP contribution is 2.23. The standard InChI is InChI=1S/C19H23N3/c1-13-6-5-9-15(12-13)18(21)19-16(20)10-11-17(22-19)14-7-3-2-4-8-14/h2-5,7-9,11-13,16,19,21-22H,6,10,20H2,1H3/t13-,16?,19?/m1/s1. The Morgan fingerprint density at radius 2 is 2.00 bits per heavy atom. The molecule has 3 heteroatoms. The van der Waals surface area contributed by atoms with Gasteiger partial charge in [0.15, 0.2) is 0 Å². The molecule has 22 heavy (non-hydrogen) atoms. The molecule has 2 aliphatic rings. The molecule has 4 N–H and O–H groups in total. The van der Waals surface area contributed by atoms with Gasteiger partial charge in [-0.2, -0.15) is 0 Å². The summed E-state index contributed by atoms with van der Waals surface area (Å²) in [5.41, 5.74) is 10.1. The summed E-state index contributed by atoms with van der Waals surface area (Å²) in [5, 5.41) is 12.0. The van der Waals surface area contributed by atoms with Gasteiger partial charge in [0, 0.05) is 11.7 Å². The largest absolute Gasteiger partial charge is 0.375 e. The van der Waals surface area contributed by atoms with Gasteiger partial charge in [0.25, 0.3) is 0 Å². The average Bonchev–Trinajstić information content (AvgIpc) is 2.55. The number of nitrogens with two attached hydrogens (primary N) is 1. The third-order valence-electron chi connectivity index (χ3n) is 4.31. The molecule has 0 aromatic heterocycles. The van der Waals surface area contributed by atoms with Crippen LogP contribution in [0.15, 0.2) is 60.2 Å². The van der Waals surface area contributed by atoms with Gasteiger partial charge in [-0.25, -0.2) is 0 Å². The van der Waals surface area contributed by atoms with E-state index in [1.165, 1.54) is 0 Å². The predicted molar refractivity (Wildman–Crippen MR) is 92.7 cm³/mol. The summed E-state index contributed by atoms with van der Waals surface area (Å²) in [6.07, 6.45) is 10.4. The normalized spacial score (nSPS) is 27.6. The van der Waals surface area contributed by atoms with E-state index in [1.54, 1.807) is 0 Å². The van der Waals surface area contributed by atoms with E-state index in [9.17, 15) is 0 Å². The Morgan fingerprint density at radius 1 is 1.23 bits per heavy atom. The van der Waals surface area contributed by atoms with Crippen LogP contribution in [0, 0.1) is 11.3 Å². The Hall–Kier alpha value is -2.13. The molecule has 0 radical (unpaired) electrons. The van der Waals surface area contributed by atoms with Crippen LogP contribution in [0.25, 0.3) is 5.70 Å². The molecule has 1 aromatic carbocycles. The molecule has 2 unspecified atom stereocenters. The van der Waals surface area contributed by atoms with Crippen molar-refractivity contribution in [3.05, 3.63) is 65.8 Å². The third kappa shape index (κ3) is 3.04.